The Morgan fingerprint density at radius 1 is 0.906 bits per heavy atom. The van der Waals surface area contributed by atoms with Gasteiger partial charge in [0.05, 0.1) is 16.9 Å². The Morgan fingerprint density at radius 2 is 1.59 bits per heavy atom. The van der Waals surface area contributed by atoms with E-state index in [2.05, 4.69) is 30.3 Å². The highest BCUT2D eigenvalue weighted by molar-refractivity contribution is 6.17. The van der Waals surface area contributed by atoms with Gasteiger partial charge in [-0.25, -0.2) is 0 Å². The van der Waals surface area contributed by atoms with E-state index in [1.165, 1.54) is 23.3 Å². The first-order valence-electron chi connectivity index (χ1n) is 11.0. The van der Waals surface area contributed by atoms with Crippen LogP contribution in [0.3, 0.4) is 0 Å². The Kier molecular flexibility index (Phi) is 6.17. The molecule has 4 rings (SSSR count). The number of ketones is 1. The molecule has 1 heterocycles. The molecule has 164 valence electrons. The maximum Gasteiger partial charge on any atom is 0.197 e. The van der Waals surface area contributed by atoms with E-state index in [0.717, 1.165) is 31.1 Å². The van der Waals surface area contributed by atoms with E-state index in [1.54, 1.807) is 0 Å². The van der Waals surface area contributed by atoms with Crippen molar-refractivity contribution in [1.82, 2.24) is 0 Å². The van der Waals surface area contributed by atoms with Crippen molar-refractivity contribution in [1.29, 1.82) is 0 Å². The summed E-state index contributed by atoms with van der Waals surface area (Å²) < 4.78 is 6.14. The lowest BCUT2D eigenvalue weighted by molar-refractivity contribution is 0.103. The van der Waals surface area contributed by atoms with Crippen molar-refractivity contribution in [2.24, 2.45) is 0 Å². The number of phenols is 1. The Labute approximate surface area is 187 Å². The number of anilines is 2. The molecular weight excluding hydrogens is 400 g/mol. The van der Waals surface area contributed by atoms with Crippen molar-refractivity contribution in [3.63, 3.8) is 0 Å². The van der Waals surface area contributed by atoms with Gasteiger partial charge in [0.2, 0.25) is 0 Å². The molecule has 5 nitrogen and oxygen atoms in total. The molecular formula is C27H28N2O3. The zero-order valence-corrected chi connectivity index (χ0v) is 18.2. The van der Waals surface area contributed by atoms with Crippen molar-refractivity contribution >= 4 is 28.1 Å². The number of hydrogen-bond acceptors (Lipinski definition) is 5. The number of carbonyl (C=O) groups is 1. The number of nitrogen functional groups attached to an aromatic ring is 2. The normalized spacial score (nSPS) is 11.2. The average molecular weight is 429 g/mol. The molecule has 5 heteroatoms. The summed E-state index contributed by atoms with van der Waals surface area (Å²) in [5.74, 6) is 0.258. The van der Waals surface area contributed by atoms with Crippen LogP contribution in [0.25, 0.3) is 11.0 Å². The zero-order chi connectivity index (χ0) is 22.7. The van der Waals surface area contributed by atoms with Gasteiger partial charge in [-0.15, -0.1) is 0 Å². The van der Waals surface area contributed by atoms with Crippen LogP contribution in [-0.4, -0.2) is 10.9 Å². The van der Waals surface area contributed by atoms with E-state index < -0.39 is 0 Å². The van der Waals surface area contributed by atoms with Crippen LogP contribution in [0.2, 0.25) is 0 Å². The van der Waals surface area contributed by atoms with Gasteiger partial charge in [-0.05, 0) is 55.0 Å². The largest absolute Gasteiger partial charge is 0.504 e. The van der Waals surface area contributed by atoms with Gasteiger partial charge in [0, 0.05) is 17.4 Å². The fraction of sp³-hybridized carbons (Fsp3) is 0.222. The van der Waals surface area contributed by atoms with Crippen molar-refractivity contribution < 1.29 is 14.3 Å². The van der Waals surface area contributed by atoms with Gasteiger partial charge in [0.15, 0.2) is 11.5 Å². The highest BCUT2D eigenvalue weighted by Gasteiger charge is 2.23. The molecule has 0 unspecified atom stereocenters. The smallest absolute Gasteiger partial charge is 0.197 e. The lowest BCUT2D eigenvalue weighted by Gasteiger charge is -2.07. The van der Waals surface area contributed by atoms with Crippen molar-refractivity contribution in [3.8, 4) is 5.75 Å². The molecule has 5 N–H and O–H groups in total. The molecule has 0 bridgehead atoms. The number of carbonyl (C=O) groups excluding carboxylic acids is 1. The quantitative estimate of drug-likeness (QED) is 0.191. The van der Waals surface area contributed by atoms with E-state index in [4.69, 9.17) is 15.9 Å². The van der Waals surface area contributed by atoms with Crippen LogP contribution in [0.4, 0.5) is 11.4 Å². The molecule has 0 fully saturated rings. The molecule has 0 aliphatic carbocycles. The summed E-state index contributed by atoms with van der Waals surface area (Å²) in [5.41, 5.74) is 15.9. The number of nitrogens with two attached hydrogens (primary N) is 2. The second-order valence-electron chi connectivity index (χ2n) is 8.15. The SMILES string of the molecule is CCCc1oc2cc(CCCc3ccccc3)ccc2c1C(=O)c1cc(N)c(O)c(N)c1. The standard InChI is InChI=1S/C27H28N2O3/c1-2-7-23-25(26(30)19-15-21(28)27(31)22(29)16-19)20-13-12-18(14-24(20)32-23)11-6-10-17-8-4-3-5-9-17/h3-5,8-9,12-16,31H,2,6-7,10-11,28-29H2,1H3. The number of aromatic hydroxyl groups is 1. The first-order chi connectivity index (χ1) is 15.5. The summed E-state index contributed by atoms with van der Waals surface area (Å²) in [6, 6.07) is 19.4. The molecule has 0 atom stereocenters. The predicted octanol–water partition coefficient (Wildman–Crippen LogP) is 5.66. The molecule has 3 aromatic carbocycles. The number of furan rings is 1. The van der Waals surface area contributed by atoms with Crippen molar-refractivity contribution in [3.05, 3.63) is 88.7 Å². The third kappa shape index (κ3) is 4.33. The first-order valence-corrected chi connectivity index (χ1v) is 11.0. The summed E-state index contributed by atoms with van der Waals surface area (Å²) in [5, 5.41) is 10.6. The van der Waals surface area contributed by atoms with E-state index in [1.807, 2.05) is 25.1 Å². The van der Waals surface area contributed by atoms with Crippen molar-refractivity contribution in [2.75, 3.05) is 11.5 Å². The lowest BCUT2D eigenvalue weighted by atomic mass is 9.96. The average Bonchev–Trinajstić information content (AvgIpc) is 3.14. The minimum absolute atomic E-state index is 0.0823. The molecule has 0 aliphatic heterocycles. The highest BCUT2D eigenvalue weighted by atomic mass is 16.3. The van der Waals surface area contributed by atoms with Crippen LogP contribution in [-0.2, 0) is 19.3 Å². The molecule has 0 spiro atoms. The highest BCUT2D eigenvalue weighted by Crippen LogP contribution is 2.34. The fourth-order valence-corrected chi connectivity index (χ4v) is 4.10. The Bertz CT molecular complexity index is 1240. The minimum atomic E-state index is -0.206. The molecule has 4 aromatic rings. The van der Waals surface area contributed by atoms with Crippen LogP contribution in [0, 0.1) is 0 Å². The van der Waals surface area contributed by atoms with Crippen LogP contribution in [0.5, 0.6) is 5.75 Å². The van der Waals surface area contributed by atoms with E-state index in [0.29, 0.717) is 28.9 Å². The fourth-order valence-electron chi connectivity index (χ4n) is 4.10. The number of phenolic OH excluding ortho intramolecular Hbond substituents is 1. The van der Waals surface area contributed by atoms with Gasteiger partial charge in [0.25, 0.3) is 0 Å². The summed E-state index contributed by atoms with van der Waals surface area (Å²) in [6.07, 6.45) is 4.50. The monoisotopic (exact) mass is 428 g/mol. The van der Waals surface area contributed by atoms with E-state index in [-0.39, 0.29) is 22.9 Å². The number of benzene rings is 3. The van der Waals surface area contributed by atoms with Gasteiger partial charge < -0.3 is 21.0 Å². The maximum atomic E-state index is 13.4. The number of hydrogen-bond donors (Lipinski definition) is 3. The third-order valence-corrected chi connectivity index (χ3v) is 5.74. The van der Waals surface area contributed by atoms with E-state index >= 15 is 0 Å². The second kappa shape index (κ2) is 9.18. The molecule has 32 heavy (non-hydrogen) atoms. The maximum absolute atomic E-state index is 13.4. The topological polar surface area (TPSA) is 102 Å². The third-order valence-electron chi connectivity index (χ3n) is 5.74. The Balaban J connectivity index is 1.63. The van der Waals surface area contributed by atoms with Crippen LogP contribution >= 0.6 is 0 Å². The van der Waals surface area contributed by atoms with Gasteiger partial charge in [-0.2, -0.15) is 0 Å². The second-order valence-corrected chi connectivity index (χ2v) is 8.15. The molecule has 0 amide bonds. The van der Waals surface area contributed by atoms with Gasteiger partial charge in [-0.3, -0.25) is 4.79 Å². The number of fused-ring (bicyclic) bond motifs is 1. The summed E-state index contributed by atoms with van der Waals surface area (Å²) in [4.78, 5) is 13.4. The molecule has 0 saturated carbocycles. The Hall–Kier alpha value is -3.73. The van der Waals surface area contributed by atoms with Gasteiger partial charge in [0.1, 0.15) is 11.3 Å². The first kappa shape index (κ1) is 21.5. The van der Waals surface area contributed by atoms with Crippen LogP contribution < -0.4 is 11.5 Å². The molecule has 1 aromatic heterocycles. The lowest BCUT2D eigenvalue weighted by Crippen LogP contribution is -2.06. The molecule has 0 radical (unpaired) electrons. The summed E-state index contributed by atoms with van der Waals surface area (Å²) >= 11 is 0. The molecule has 0 aliphatic rings. The zero-order valence-electron chi connectivity index (χ0n) is 18.2. The predicted molar refractivity (Wildman–Crippen MR) is 129 cm³/mol. The Morgan fingerprint density at radius 3 is 2.28 bits per heavy atom. The van der Waals surface area contributed by atoms with Crippen LogP contribution in [0.1, 0.15) is 52.6 Å². The molecule has 0 saturated heterocycles. The summed E-state index contributed by atoms with van der Waals surface area (Å²) in [7, 11) is 0. The van der Waals surface area contributed by atoms with Crippen molar-refractivity contribution in [2.45, 2.75) is 39.0 Å². The minimum Gasteiger partial charge on any atom is -0.504 e. The number of rotatable bonds is 8. The number of aryl methyl sites for hydroxylation is 3. The van der Waals surface area contributed by atoms with E-state index in [9.17, 15) is 9.90 Å². The van der Waals surface area contributed by atoms with Crippen LogP contribution in [0.15, 0.2) is 65.1 Å². The van der Waals surface area contributed by atoms with Gasteiger partial charge >= 0.3 is 0 Å². The van der Waals surface area contributed by atoms with Gasteiger partial charge in [-0.1, -0.05) is 49.4 Å². The summed E-state index contributed by atoms with van der Waals surface area (Å²) in [6.45, 7) is 2.05.